The smallest absolute Gasteiger partial charge is 0.276 e. The molecule has 0 N–H and O–H groups in total. The molecule has 5 nitrogen and oxygen atoms in total. The molecule has 3 aromatic rings. The van der Waals surface area contributed by atoms with Gasteiger partial charge in [-0.05, 0) is 36.8 Å². The number of carbonyl (C=O) groups excluding carboxylic acids is 1. The molecule has 0 spiro atoms. The molecule has 1 aromatic heterocycles. The Kier molecular flexibility index (Phi) is 4.76. The van der Waals surface area contributed by atoms with E-state index in [1.165, 1.54) is 10.5 Å². The van der Waals surface area contributed by atoms with Gasteiger partial charge in [0.2, 0.25) is 0 Å². The number of amides is 1. The summed E-state index contributed by atoms with van der Waals surface area (Å²) in [4.78, 5) is 18.5. The number of benzene rings is 2. The molecular weight excluding hydrogens is 406 g/mol. The van der Waals surface area contributed by atoms with Crippen LogP contribution in [0.1, 0.15) is 21.6 Å². The first kappa shape index (κ1) is 18.6. The Balaban J connectivity index is 1.34. The third kappa shape index (κ3) is 3.30. The Bertz CT molecular complexity index is 1090. The maximum Gasteiger partial charge on any atom is 0.276 e. The molecular formula is C22H20ClN3O2S. The van der Waals surface area contributed by atoms with E-state index in [1.807, 2.05) is 41.3 Å². The zero-order chi connectivity index (χ0) is 20.0. The number of aryl methyl sites for hydroxylation is 1. The number of fused-ring (bicyclic) bond motifs is 3. The fourth-order valence-corrected chi connectivity index (χ4v) is 5.20. The van der Waals surface area contributed by atoms with Gasteiger partial charge in [-0.2, -0.15) is 0 Å². The summed E-state index contributed by atoms with van der Waals surface area (Å²) in [5.74, 6) is 1.40. The van der Waals surface area contributed by atoms with E-state index in [1.54, 1.807) is 11.8 Å². The lowest BCUT2D eigenvalue weighted by Crippen LogP contribution is -2.49. The molecule has 0 unspecified atom stereocenters. The summed E-state index contributed by atoms with van der Waals surface area (Å²) in [5.41, 5.74) is 4.71. The predicted octanol–water partition coefficient (Wildman–Crippen LogP) is 4.87. The highest BCUT2D eigenvalue weighted by molar-refractivity contribution is 7.98. The van der Waals surface area contributed by atoms with Gasteiger partial charge in [-0.25, -0.2) is 0 Å². The highest BCUT2D eigenvalue weighted by atomic mass is 35.5. The number of carbonyl (C=O) groups is 1. The summed E-state index contributed by atoms with van der Waals surface area (Å²) in [6, 6.07) is 14.0. The van der Waals surface area contributed by atoms with Gasteiger partial charge < -0.3 is 14.3 Å². The highest BCUT2D eigenvalue weighted by Crippen LogP contribution is 2.42. The minimum absolute atomic E-state index is 0.0440. The van der Waals surface area contributed by atoms with E-state index < -0.39 is 0 Å². The van der Waals surface area contributed by atoms with Crippen molar-refractivity contribution in [3.8, 4) is 11.3 Å². The molecule has 2 aliphatic heterocycles. The Labute approximate surface area is 178 Å². The Morgan fingerprint density at radius 1 is 1.14 bits per heavy atom. The van der Waals surface area contributed by atoms with Crippen LogP contribution in [0.4, 0.5) is 5.69 Å². The monoisotopic (exact) mass is 425 g/mol. The van der Waals surface area contributed by atoms with Crippen LogP contribution in [0.5, 0.6) is 0 Å². The lowest BCUT2D eigenvalue weighted by molar-refractivity contribution is 0.0735. The average molecular weight is 426 g/mol. The van der Waals surface area contributed by atoms with Crippen LogP contribution in [0, 0.1) is 6.92 Å². The molecule has 29 heavy (non-hydrogen) atoms. The minimum atomic E-state index is -0.0440. The molecule has 0 aliphatic carbocycles. The number of hydrogen-bond donors (Lipinski definition) is 0. The van der Waals surface area contributed by atoms with Crippen molar-refractivity contribution in [3.05, 3.63) is 64.3 Å². The molecule has 1 fully saturated rings. The summed E-state index contributed by atoms with van der Waals surface area (Å²) >= 11 is 7.90. The van der Waals surface area contributed by atoms with Gasteiger partial charge in [0.1, 0.15) is 0 Å². The van der Waals surface area contributed by atoms with E-state index in [0.717, 1.165) is 40.7 Å². The number of anilines is 1. The van der Waals surface area contributed by atoms with Crippen LogP contribution in [0.15, 0.2) is 51.9 Å². The molecule has 1 saturated heterocycles. The van der Waals surface area contributed by atoms with Crippen LogP contribution >= 0.6 is 23.4 Å². The van der Waals surface area contributed by atoms with Gasteiger partial charge in [-0.3, -0.25) is 4.79 Å². The number of rotatable bonds is 2. The quantitative estimate of drug-likeness (QED) is 0.586. The first-order valence-corrected chi connectivity index (χ1v) is 11.0. The van der Waals surface area contributed by atoms with Gasteiger partial charge >= 0.3 is 0 Å². The van der Waals surface area contributed by atoms with Gasteiger partial charge in [0, 0.05) is 58.7 Å². The van der Waals surface area contributed by atoms with Crippen LogP contribution in [0.3, 0.4) is 0 Å². The number of piperazine rings is 1. The van der Waals surface area contributed by atoms with E-state index in [2.05, 4.69) is 23.0 Å². The lowest BCUT2D eigenvalue weighted by Gasteiger charge is -2.36. The van der Waals surface area contributed by atoms with Gasteiger partial charge in [0.25, 0.3) is 5.91 Å². The van der Waals surface area contributed by atoms with Crippen molar-refractivity contribution in [2.24, 2.45) is 0 Å². The van der Waals surface area contributed by atoms with Crippen LogP contribution in [-0.4, -0.2) is 42.1 Å². The molecule has 0 saturated carbocycles. The molecule has 0 radical (unpaired) electrons. The molecule has 2 aliphatic rings. The van der Waals surface area contributed by atoms with Crippen molar-refractivity contribution in [1.82, 2.24) is 10.1 Å². The Morgan fingerprint density at radius 3 is 2.76 bits per heavy atom. The number of nitrogens with zero attached hydrogens (tertiary/aromatic N) is 3. The van der Waals surface area contributed by atoms with Crippen LogP contribution in [-0.2, 0) is 5.75 Å². The van der Waals surface area contributed by atoms with Crippen LogP contribution in [0.2, 0.25) is 5.02 Å². The Hall–Kier alpha value is -2.44. The SMILES string of the molecule is Cc1ccc(Cl)cc1N1CCN(C(=O)c2noc3c2CSc2ccccc2-3)CC1. The second-order valence-electron chi connectivity index (χ2n) is 7.33. The summed E-state index contributed by atoms with van der Waals surface area (Å²) in [6.07, 6.45) is 0. The van der Waals surface area contributed by atoms with E-state index in [0.29, 0.717) is 24.5 Å². The first-order valence-electron chi connectivity index (χ1n) is 9.63. The molecule has 2 aromatic carbocycles. The number of thioether (sulfide) groups is 1. The maximum atomic E-state index is 13.2. The maximum absolute atomic E-state index is 13.2. The van der Waals surface area contributed by atoms with Crippen molar-refractivity contribution in [1.29, 1.82) is 0 Å². The zero-order valence-electron chi connectivity index (χ0n) is 16.0. The standard InChI is InChI=1S/C22H20ClN3O2S/c1-14-6-7-15(23)12-18(14)25-8-10-26(11-9-25)22(27)20-17-13-29-19-5-3-2-4-16(19)21(17)28-24-20/h2-7,12H,8-11,13H2,1H3. The second-order valence-corrected chi connectivity index (χ2v) is 8.79. The molecule has 1 amide bonds. The van der Waals surface area contributed by atoms with Crippen molar-refractivity contribution < 1.29 is 9.32 Å². The van der Waals surface area contributed by atoms with E-state index in [4.69, 9.17) is 16.1 Å². The first-order chi connectivity index (χ1) is 14.1. The normalized spacial score (nSPS) is 15.8. The van der Waals surface area contributed by atoms with Crippen LogP contribution in [0.25, 0.3) is 11.3 Å². The largest absolute Gasteiger partial charge is 0.368 e. The molecule has 3 heterocycles. The Morgan fingerprint density at radius 2 is 1.93 bits per heavy atom. The second kappa shape index (κ2) is 7.43. The molecule has 0 bridgehead atoms. The molecule has 7 heteroatoms. The topological polar surface area (TPSA) is 49.6 Å². The molecule has 148 valence electrons. The van der Waals surface area contributed by atoms with Gasteiger partial charge in [-0.15, -0.1) is 11.8 Å². The third-order valence-electron chi connectivity index (χ3n) is 5.57. The number of halogens is 1. The lowest BCUT2D eigenvalue weighted by atomic mass is 10.1. The molecule has 5 rings (SSSR count). The minimum Gasteiger partial charge on any atom is -0.368 e. The van der Waals surface area contributed by atoms with Crippen molar-refractivity contribution in [2.45, 2.75) is 17.6 Å². The summed E-state index contributed by atoms with van der Waals surface area (Å²) in [7, 11) is 0. The van der Waals surface area contributed by atoms with Crippen molar-refractivity contribution in [3.63, 3.8) is 0 Å². The number of aromatic nitrogens is 1. The van der Waals surface area contributed by atoms with Gasteiger partial charge in [0.15, 0.2) is 11.5 Å². The zero-order valence-corrected chi connectivity index (χ0v) is 17.6. The molecule has 0 atom stereocenters. The summed E-state index contributed by atoms with van der Waals surface area (Å²) < 4.78 is 5.61. The average Bonchev–Trinajstić information content (AvgIpc) is 3.20. The van der Waals surface area contributed by atoms with Gasteiger partial charge in [0.05, 0.1) is 0 Å². The van der Waals surface area contributed by atoms with Crippen molar-refractivity contribution in [2.75, 3.05) is 31.1 Å². The highest BCUT2D eigenvalue weighted by Gasteiger charge is 2.31. The van der Waals surface area contributed by atoms with Crippen molar-refractivity contribution >= 4 is 35.0 Å². The predicted molar refractivity (Wildman–Crippen MR) is 116 cm³/mol. The number of hydrogen-bond acceptors (Lipinski definition) is 5. The fourth-order valence-electron chi connectivity index (χ4n) is 3.98. The van der Waals surface area contributed by atoms with E-state index in [9.17, 15) is 4.79 Å². The summed E-state index contributed by atoms with van der Waals surface area (Å²) in [5, 5.41) is 4.90. The fraction of sp³-hybridized carbons (Fsp3) is 0.273. The van der Waals surface area contributed by atoms with Crippen LogP contribution < -0.4 is 4.90 Å². The van der Waals surface area contributed by atoms with E-state index >= 15 is 0 Å². The third-order valence-corrected chi connectivity index (χ3v) is 6.91. The van der Waals surface area contributed by atoms with E-state index in [-0.39, 0.29) is 5.91 Å². The summed E-state index contributed by atoms with van der Waals surface area (Å²) in [6.45, 7) is 4.92. The van der Waals surface area contributed by atoms with Gasteiger partial charge in [-0.1, -0.05) is 35.0 Å².